The molecule has 0 aromatic heterocycles. The number of piperidine rings is 1. The maximum Gasteiger partial charge on any atom is 0.407 e. The predicted octanol–water partition coefficient (Wildman–Crippen LogP) is 1.92. The Morgan fingerprint density at radius 3 is 2.92 bits per heavy atom. The van der Waals surface area contributed by atoms with Crippen LogP contribution >= 0.6 is 0 Å². The zero-order chi connectivity index (χ0) is 17.5. The minimum absolute atomic E-state index is 0.0610. The summed E-state index contributed by atoms with van der Waals surface area (Å²) in [5, 5.41) is 2.80. The van der Waals surface area contributed by atoms with Crippen molar-refractivity contribution in [2.45, 2.75) is 31.6 Å². The van der Waals surface area contributed by atoms with Gasteiger partial charge in [0, 0.05) is 47.5 Å². The number of likely N-dealkylation sites (tertiary alicyclic amines) is 1. The predicted molar refractivity (Wildman–Crippen MR) is 93.3 cm³/mol. The summed E-state index contributed by atoms with van der Waals surface area (Å²) in [7, 11) is -0.944. The molecule has 2 rings (SSSR count). The molecule has 0 spiro atoms. The normalized spacial score (nSPS) is 18.8. The maximum absolute atomic E-state index is 12.7. The number of hydrogen-bond acceptors (Lipinski definition) is 4. The third-order valence-electron chi connectivity index (χ3n) is 3.85. The van der Waals surface area contributed by atoms with Gasteiger partial charge in [0.1, 0.15) is 0 Å². The van der Waals surface area contributed by atoms with E-state index < -0.39 is 16.9 Å². The molecule has 0 aliphatic carbocycles. The SMILES string of the molecule is CCOC(=O)NC1CCCN(C(=O)c2cccc(CS(C)=O)c2)C1. The van der Waals surface area contributed by atoms with Crippen molar-refractivity contribution in [2.75, 3.05) is 26.0 Å². The van der Waals surface area contributed by atoms with Gasteiger partial charge in [-0.05, 0) is 37.5 Å². The summed E-state index contributed by atoms with van der Waals surface area (Å²) in [5.74, 6) is 0.378. The van der Waals surface area contributed by atoms with E-state index in [4.69, 9.17) is 4.74 Å². The fourth-order valence-corrected chi connectivity index (χ4v) is 3.48. The van der Waals surface area contributed by atoms with E-state index in [1.165, 1.54) is 0 Å². The summed E-state index contributed by atoms with van der Waals surface area (Å²) < 4.78 is 16.3. The number of alkyl carbamates (subject to hydrolysis) is 1. The van der Waals surface area contributed by atoms with Crippen LogP contribution in [0.15, 0.2) is 24.3 Å². The molecule has 1 heterocycles. The average molecular weight is 352 g/mol. The van der Waals surface area contributed by atoms with Crippen LogP contribution in [0.25, 0.3) is 0 Å². The van der Waals surface area contributed by atoms with Gasteiger partial charge in [0.15, 0.2) is 0 Å². The Balaban J connectivity index is 2.01. The van der Waals surface area contributed by atoms with Gasteiger partial charge in [-0.15, -0.1) is 0 Å². The van der Waals surface area contributed by atoms with Crippen molar-refractivity contribution in [3.63, 3.8) is 0 Å². The molecule has 6 nitrogen and oxygen atoms in total. The molecule has 2 unspecified atom stereocenters. The number of nitrogens with zero attached hydrogens (tertiary/aromatic N) is 1. The van der Waals surface area contributed by atoms with Crippen LogP contribution in [-0.2, 0) is 21.3 Å². The van der Waals surface area contributed by atoms with Crippen molar-refractivity contribution in [2.24, 2.45) is 0 Å². The van der Waals surface area contributed by atoms with Crippen molar-refractivity contribution in [1.29, 1.82) is 0 Å². The summed E-state index contributed by atoms with van der Waals surface area (Å²) in [6.45, 7) is 3.23. The van der Waals surface area contributed by atoms with Crippen LogP contribution in [0.5, 0.6) is 0 Å². The summed E-state index contributed by atoms with van der Waals surface area (Å²) in [4.78, 5) is 26.0. The second-order valence-corrected chi connectivity index (χ2v) is 7.31. The van der Waals surface area contributed by atoms with E-state index in [9.17, 15) is 13.8 Å². The van der Waals surface area contributed by atoms with E-state index in [1.807, 2.05) is 12.1 Å². The van der Waals surface area contributed by atoms with Gasteiger partial charge in [-0.2, -0.15) is 0 Å². The molecule has 0 radical (unpaired) electrons. The molecule has 1 N–H and O–H groups in total. The standard InChI is InChI=1S/C17H24N2O4S/c1-3-23-17(21)18-15-8-5-9-19(11-15)16(20)14-7-4-6-13(10-14)12-24(2)22/h4,6-7,10,15H,3,5,8-9,11-12H2,1-2H3,(H,18,21). The molecule has 1 saturated heterocycles. The molecule has 0 bridgehead atoms. The number of benzene rings is 1. The maximum atomic E-state index is 12.7. The van der Waals surface area contributed by atoms with Crippen molar-refractivity contribution in [3.8, 4) is 0 Å². The van der Waals surface area contributed by atoms with E-state index >= 15 is 0 Å². The van der Waals surface area contributed by atoms with Crippen LogP contribution in [0.4, 0.5) is 4.79 Å². The second kappa shape index (κ2) is 8.82. The number of nitrogens with one attached hydrogen (secondary N) is 1. The fraction of sp³-hybridized carbons (Fsp3) is 0.529. The van der Waals surface area contributed by atoms with Gasteiger partial charge in [-0.3, -0.25) is 9.00 Å². The third-order valence-corrected chi connectivity index (χ3v) is 4.59. The average Bonchev–Trinajstić information content (AvgIpc) is 2.54. The Morgan fingerprint density at radius 2 is 2.21 bits per heavy atom. The molecule has 1 aliphatic heterocycles. The smallest absolute Gasteiger partial charge is 0.407 e. The fourth-order valence-electron chi connectivity index (χ4n) is 2.83. The molecular formula is C17H24N2O4S. The molecule has 1 aliphatic rings. The highest BCUT2D eigenvalue weighted by Crippen LogP contribution is 2.16. The van der Waals surface area contributed by atoms with Gasteiger partial charge in [0.2, 0.25) is 0 Å². The molecule has 2 amide bonds. The van der Waals surface area contributed by atoms with E-state index in [2.05, 4.69) is 5.32 Å². The van der Waals surface area contributed by atoms with Crippen LogP contribution in [0.2, 0.25) is 0 Å². The zero-order valence-electron chi connectivity index (χ0n) is 14.1. The van der Waals surface area contributed by atoms with Crippen LogP contribution in [-0.4, -0.2) is 53.1 Å². The van der Waals surface area contributed by atoms with E-state index in [0.29, 0.717) is 31.0 Å². The monoisotopic (exact) mass is 352 g/mol. The first kappa shape index (κ1) is 18.4. The molecular weight excluding hydrogens is 328 g/mol. The quantitative estimate of drug-likeness (QED) is 0.878. The first-order valence-electron chi connectivity index (χ1n) is 8.11. The molecule has 1 aromatic carbocycles. The highest BCUT2D eigenvalue weighted by molar-refractivity contribution is 7.83. The van der Waals surface area contributed by atoms with Crippen molar-refractivity contribution < 1.29 is 18.5 Å². The number of hydrogen-bond donors (Lipinski definition) is 1. The summed E-state index contributed by atoms with van der Waals surface area (Å²) in [5.41, 5.74) is 1.48. The summed E-state index contributed by atoms with van der Waals surface area (Å²) in [6.07, 6.45) is 2.87. The van der Waals surface area contributed by atoms with Gasteiger partial charge in [0.25, 0.3) is 5.91 Å². The van der Waals surface area contributed by atoms with Gasteiger partial charge in [0.05, 0.1) is 6.61 Å². The Hall–Kier alpha value is -1.89. The minimum atomic E-state index is -0.944. The Kier molecular flexibility index (Phi) is 6.78. The number of carbonyl (C=O) groups excluding carboxylic acids is 2. The van der Waals surface area contributed by atoms with Gasteiger partial charge >= 0.3 is 6.09 Å². The van der Waals surface area contributed by atoms with Crippen LogP contribution < -0.4 is 5.32 Å². The van der Waals surface area contributed by atoms with Crippen LogP contribution in [0, 0.1) is 0 Å². The van der Waals surface area contributed by atoms with Crippen molar-refractivity contribution in [3.05, 3.63) is 35.4 Å². The lowest BCUT2D eigenvalue weighted by Gasteiger charge is -2.33. The van der Waals surface area contributed by atoms with Gasteiger partial charge < -0.3 is 15.0 Å². The van der Waals surface area contributed by atoms with Crippen molar-refractivity contribution >= 4 is 22.8 Å². The zero-order valence-corrected chi connectivity index (χ0v) is 14.9. The summed E-state index contributed by atoms with van der Waals surface area (Å²) >= 11 is 0. The first-order valence-corrected chi connectivity index (χ1v) is 9.84. The largest absolute Gasteiger partial charge is 0.450 e. The van der Waals surface area contributed by atoms with Gasteiger partial charge in [-0.1, -0.05) is 12.1 Å². The lowest BCUT2D eigenvalue weighted by Crippen LogP contribution is -2.49. The van der Waals surface area contributed by atoms with Crippen molar-refractivity contribution in [1.82, 2.24) is 10.2 Å². The van der Waals surface area contributed by atoms with E-state index in [-0.39, 0.29) is 11.9 Å². The van der Waals surface area contributed by atoms with E-state index in [0.717, 1.165) is 18.4 Å². The molecule has 0 saturated carbocycles. The highest BCUT2D eigenvalue weighted by Gasteiger charge is 2.25. The molecule has 1 aromatic rings. The molecule has 132 valence electrons. The molecule has 2 atom stereocenters. The molecule has 24 heavy (non-hydrogen) atoms. The minimum Gasteiger partial charge on any atom is -0.450 e. The number of rotatable bonds is 5. The Bertz CT molecular complexity index is 620. The van der Waals surface area contributed by atoms with Crippen LogP contribution in [0.3, 0.4) is 0 Å². The number of ether oxygens (including phenoxy) is 1. The number of carbonyl (C=O) groups is 2. The summed E-state index contributed by atoms with van der Waals surface area (Å²) in [6, 6.07) is 7.17. The number of amides is 2. The van der Waals surface area contributed by atoms with E-state index in [1.54, 1.807) is 30.2 Å². The topological polar surface area (TPSA) is 75.7 Å². The Morgan fingerprint density at radius 1 is 1.42 bits per heavy atom. The van der Waals surface area contributed by atoms with Crippen LogP contribution in [0.1, 0.15) is 35.7 Å². The highest BCUT2D eigenvalue weighted by atomic mass is 32.2. The third kappa shape index (κ3) is 5.33. The molecule has 1 fully saturated rings. The second-order valence-electron chi connectivity index (χ2n) is 5.87. The lowest BCUT2D eigenvalue weighted by atomic mass is 10.0. The Labute approximate surface area is 145 Å². The first-order chi connectivity index (χ1) is 11.5. The van der Waals surface area contributed by atoms with Gasteiger partial charge in [-0.25, -0.2) is 4.79 Å². The molecule has 7 heteroatoms. The lowest BCUT2D eigenvalue weighted by molar-refractivity contribution is 0.0686.